The van der Waals surface area contributed by atoms with Crippen molar-refractivity contribution < 1.29 is 31.1 Å². The summed E-state index contributed by atoms with van der Waals surface area (Å²) in [4.78, 5) is 12.7. The van der Waals surface area contributed by atoms with Crippen LogP contribution in [0.3, 0.4) is 0 Å². The van der Waals surface area contributed by atoms with Gasteiger partial charge in [0, 0.05) is 18.8 Å². The van der Waals surface area contributed by atoms with Crippen molar-refractivity contribution in [3.63, 3.8) is 0 Å². The van der Waals surface area contributed by atoms with E-state index >= 15 is 0 Å². The van der Waals surface area contributed by atoms with E-state index in [1.165, 1.54) is 28.6 Å². The number of anilines is 1. The number of ether oxygens (including phenoxy) is 1. The molecule has 0 saturated carbocycles. The van der Waals surface area contributed by atoms with Crippen molar-refractivity contribution in [2.75, 3.05) is 25.0 Å². The SMILES string of the molecule is CCOc1ccc(S(=O)(=O)N2CCC[C@@H](C(=O)Nc3ccc(Cl)c(C(F)(F)F)c3)C2)cc1Cl. The van der Waals surface area contributed by atoms with Gasteiger partial charge in [-0.1, -0.05) is 23.2 Å². The van der Waals surface area contributed by atoms with Gasteiger partial charge in [-0.3, -0.25) is 4.79 Å². The molecule has 1 atom stereocenters. The molecule has 1 saturated heterocycles. The molecule has 0 spiro atoms. The summed E-state index contributed by atoms with van der Waals surface area (Å²) >= 11 is 11.7. The van der Waals surface area contributed by atoms with Crippen LogP contribution in [0.5, 0.6) is 5.75 Å². The third kappa shape index (κ3) is 5.92. The lowest BCUT2D eigenvalue weighted by atomic mass is 9.98. The molecule has 1 amide bonds. The fraction of sp³-hybridized carbons (Fsp3) is 0.381. The van der Waals surface area contributed by atoms with Crippen LogP contribution in [0, 0.1) is 5.92 Å². The second kappa shape index (κ2) is 10.1. The third-order valence-electron chi connectivity index (χ3n) is 5.14. The number of alkyl halides is 3. The smallest absolute Gasteiger partial charge is 0.417 e. The maximum Gasteiger partial charge on any atom is 0.417 e. The lowest BCUT2D eigenvalue weighted by molar-refractivity contribution is -0.137. The van der Waals surface area contributed by atoms with E-state index in [0.29, 0.717) is 25.2 Å². The second-order valence-electron chi connectivity index (χ2n) is 7.41. The Morgan fingerprint density at radius 1 is 1.18 bits per heavy atom. The van der Waals surface area contributed by atoms with Crippen molar-refractivity contribution >= 4 is 44.8 Å². The average Bonchev–Trinajstić information content (AvgIpc) is 2.76. The molecule has 1 aliphatic heterocycles. The van der Waals surface area contributed by atoms with E-state index in [9.17, 15) is 26.4 Å². The molecule has 33 heavy (non-hydrogen) atoms. The highest BCUT2D eigenvalue weighted by Gasteiger charge is 2.35. The molecular weight excluding hydrogens is 504 g/mol. The predicted molar refractivity (Wildman–Crippen MR) is 119 cm³/mol. The zero-order valence-electron chi connectivity index (χ0n) is 17.5. The monoisotopic (exact) mass is 524 g/mol. The van der Waals surface area contributed by atoms with E-state index in [1.807, 2.05) is 0 Å². The van der Waals surface area contributed by atoms with Crippen molar-refractivity contribution in [2.24, 2.45) is 5.92 Å². The van der Waals surface area contributed by atoms with E-state index in [1.54, 1.807) is 6.92 Å². The van der Waals surface area contributed by atoms with Gasteiger partial charge in [0.1, 0.15) is 5.75 Å². The number of halogens is 5. The number of rotatable bonds is 6. The highest BCUT2D eigenvalue weighted by Crippen LogP contribution is 2.36. The third-order valence-corrected chi connectivity index (χ3v) is 7.62. The molecule has 2 aromatic rings. The van der Waals surface area contributed by atoms with Gasteiger partial charge < -0.3 is 10.1 Å². The lowest BCUT2D eigenvalue weighted by Gasteiger charge is -2.31. The summed E-state index contributed by atoms with van der Waals surface area (Å²) in [7, 11) is -3.94. The van der Waals surface area contributed by atoms with Crippen molar-refractivity contribution in [1.29, 1.82) is 0 Å². The van der Waals surface area contributed by atoms with E-state index in [2.05, 4.69) is 5.32 Å². The number of carbonyl (C=O) groups excluding carboxylic acids is 1. The number of amides is 1. The minimum absolute atomic E-state index is 0.0375. The average molecular weight is 525 g/mol. The summed E-state index contributed by atoms with van der Waals surface area (Å²) in [5.41, 5.74) is -1.14. The molecule has 1 aliphatic rings. The molecule has 0 radical (unpaired) electrons. The van der Waals surface area contributed by atoms with Gasteiger partial charge in [-0.05, 0) is 56.2 Å². The molecule has 0 unspecified atom stereocenters. The molecule has 1 N–H and O–H groups in total. The first-order chi connectivity index (χ1) is 15.4. The maximum absolute atomic E-state index is 13.1. The number of carbonyl (C=O) groups is 1. The van der Waals surface area contributed by atoms with Crippen molar-refractivity contribution in [2.45, 2.75) is 30.8 Å². The van der Waals surface area contributed by atoms with Gasteiger partial charge in [-0.2, -0.15) is 17.5 Å². The zero-order valence-corrected chi connectivity index (χ0v) is 19.8. The summed E-state index contributed by atoms with van der Waals surface area (Å²) in [5.74, 6) is -0.956. The van der Waals surface area contributed by atoms with Crippen LogP contribution >= 0.6 is 23.2 Å². The van der Waals surface area contributed by atoms with E-state index in [0.717, 1.165) is 12.1 Å². The molecule has 12 heteroatoms. The van der Waals surface area contributed by atoms with Crippen LogP contribution in [0.2, 0.25) is 10.0 Å². The Morgan fingerprint density at radius 2 is 1.91 bits per heavy atom. The zero-order chi connectivity index (χ0) is 24.4. The van der Waals surface area contributed by atoms with Crippen LogP contribution in [-0.2, 0) is 21.0 Å². The van der Waals surface area contributed by atoms with Gasteiger partial charge in [0.25, 0.3) is 0 Å². The molecule has 0 aliphatic carbocycles. The fourth-order valence-electron chi connectivity index (χ4n) is 3.50. The van der Waals surface area contributed by atoms with Crippen LogP contribution in [-0.4, -0.2) is 38.3 Å². The Balaban J connectivity index is 1.75. The number of hydrogen-bond donors (Lipinski definition) is 1. The fourth-order valence-corrected chi connectivity index (χ4v) is 5.58. The van der Waals surface area contributed by atoms with Gasteiger partial charge in [0.05, 0.1) is 33.0 Å². The summed E-state index contributed by atoms with van der Waals surface area (Å²) < 4.78 is 71.9. The quantitative estimate of drug-likeness (QED) is 0.545. The van der Waals surface area contributed by atoms with Crippen molar-refractivity contribution in [3.05, 3.63) is 52.0 Å². The Labute approximate surface area is 199 Å². The highest BCUT2D eigenvalue weighted by molar-refractivity contribution is 7.89. The van der Waals surface area contributed by atoms with Crippen LogP contribution < -0.4 is 10.1 Å². The summed E-state index contributed by atoms with van der Waals surface area (Å²) in [6.45, 7) is 2.23. The number of sulfonamides is 1. The second-order valence-corrected chi connectivity index (χ2v) is 10.2. The summed E-state index contributed by atoms with van der Waals surface area (Å²) in [5, 5.41) is 2.10. The minimum Gasteiger partial charge on any atom is -0.492 e. The molecule has 6 nitrogen and oxygen atoms in total. The maximum atomic E-state index is 13.1. The standard InChI is InChI=1S/C21H21Cl2F3N2O4S/c1-2-32-19-8-6-15(11-18(19)23)33(30,31)28-9-3-4-13(12-28)20(29)27-14-5-7-17(22)16(10-14)21(24,25)26/h5-8,10-11,13H,2-4,9,12H2,1H3,(H,27,29)/t13-/m1/s1. The topological polar surface area (TPSA) is 75.7 Å². The molecule has 180 valence electrons. The number of piperidine rings is 1. The number of hydrogen-bond acceptors (Lipinski definition) is 4. The van der Waals surface area contributed by atoms with Gasteiger partial charge >= 0.3 is 6.18 Å². The molecular formula is C21H21Cl2F3N2O4S. The van der Waals surface area contributed by atoms with Crippen LogP contribution in [0.1, 0.15) is 25.3 Å². The largest absolute Gasteiger partial charge is 0.492 e. The van der Waals surface area contributed by atoms with Crippen LogP contribution in [0.25, 0.3) is 0 Å². The van der Waals surface area contributed by atoms with Crippen LogP contribution in [0.15, 0.2) is 41.3 Å². The minimum atomic E-state index is -4.67. The van der Waals surface area contributed by atoms with Crippen molar-refractivity contribution in [3.8, 4) is 5.75 Å². The van der Waals surface area contributed by atoms with E-state index < -0.39 is 38.6 Å². The first-order valence-electron chi connectivity index (χ1n) is 10.0. The normalized spacial score (nSPS) is 17.6. The number of nitrogens with one attached hydrogen (secondary N) is 1. The van der Waals surface area contributed by atoms with E-state index in [-0.39, 0.29) is 28.7 Å². The van der Waals surface area contributed by atoms with Gasteiger partial charge in [-0.25, -0.2) is 8.42 Å². The van der Waals surface area contributed by atoms with Gasteiger partial charge in [0.15, 0.2) is 0 Å². The number of benzene rings is 2. The first-order valence-corrected chi connectivity index (χ1v) is 12.2. The van der Waals surface area contributed by atoms with E-state index in [4.69, 9.17) is 27.9 Å². The first kappa shape index (κ1) is 25.6. The Morgan fingerprint density at radius 3 is 2.55 bits per heavy atom. The van der Waals surface area contributed by atoms with Crippen molar-refractivity contribution in [1.82, 2.24) is 4.31 Å². The Hall–Kier alpha value is -2.01. The summed E-state index contributed by atoms with van der Waals surface area (Å²) in [6, 6.07) is 7.19. The number of nitrogens with zero attached hydrogens (tertiary/aromatic N) is 1. The predicted octanol–water partition coefficient (Wildman–Crippen LogP) is 5.45. The van der Waals surface area contributed by atoms with Gasteiger partial charge in [0.2, 0.25) is 15.9 Å². The molecule has 1 heterocycles. The van der Waals surface area contributed by atoms with Crippen LogP contribution in [0.4, 0.5) is 18.9 Å². The molecule has 0 aromatic heterocycles. The Bertz CT molecular complexity index is 1140. The molecule has 2 aromatic carbocycles. The highest BCUT2D eigenvalue weighted by atomic mass is 35.5. The Kier molecular flexibility index (Phi) is 7.83. The molecule has 3 rings (SSSR count). The van der Waals surface area contributed by atoms with Gasteiger partial charge in [-0.15, -0.1) is 0 Å². The lowest BCUT2D eigenvalue weighted by Crippen LogP contribution is -2.43. The molecule has 0 bridgehead atoms. The summed E-state index contributed by atoms with van der Waals surface area (Å²) in [6.07, 6.45) is -3.87. The molecule has 1 fully saturated rings.